The fourth-order valence-electron chi connectivity index (χ4n) is 6.31. The van der Waals surface area contributed by atoms with Gasteiger partial charge in [-0.25, -0.2) is 0 Å². The number of rotatable bonds is 5. The van der Waals surface area contributed by atoms with Crippen LogP contribution in [-0.4, -0.2) is 17.5 Å². The van der Waals surface area contributed by atoms with Gasteiger partial charge in [0.05, 0.1) is 0 Å². The van der Waals surface area contributed by atoms with Gasteiger partial charge in [0, 0.05) is 0 Å². The molecule has 0 spiro atoms. The molecule has 3 aromatic rings. The summed E-state index contributed by atoms with van der Waals surface area (Å²) in [7, 11) is 3.46. The van der Waals surface area contributed by atoms with Crippen molar-refractivity contribution >= 4 is 8.83 Å². The van der Waals surface area contributed by atoms with Gasteiger partial charge in [0.1, 0.15) is 0 Å². The summed E-state index contributed by atoms with van der Waals surface area (Å²) in [5.74, 6) is 1.68. The van der Waals surface area contributed by atoms with Crippen molar-refractivity contribution in [1.82, 2.24) is 0 Å². The molecule has 3 aromatic carbocycles. The van der Waals surface area contributed by atoms with Crippen molar-refractivity contribution < 1.29 is 30.4 Å². The molecule has 5 rings (SSSR count). The minimum atomic E-state index is -2.66. The van der Waals surface area contributed by atoms with Crippen molar-refractivity contribution in [3.63, 3.8) is 0 Å². The van der Waals surface area contributed by atoms with E-state index in [1.165, 1.54) is 33.4 Å². The quantitative estimate of drug-likeness (QED) is 0.247. The Morgan fingerprint density at radius 3 is 1.62 bits per heavy atom. The van der Waals surface area contributed by atoms with E-state index in [2.05, 4.69) is 122 Å². The Labute approximate surface area is 249 Å². The van der Waals surface area contributed by atoms with Crippen LogP contribution in [-0.2, 0) is 31.8 Å². The van der Waals surface area contributed by atoms with Crippen LogP contribution in [0.2, 0.25) is 3.67 Å². The summed E-state index contributed by atoms with van der Waals surface area (Å²) in [6, 6.07) is 21.0. The Balaban J connectivity index is 1.72. The van der Waals surface area contributed by atoms with Crippen LogP contribution >= 0.6 is 0 Å². The maximum atomic E-state index is 5.67. The van der Waals surface area contributed by atoms with Gasteiger partial charge < -0.3 is 0 Å². The molecular weight excluding hydrogens is 655 g/mol. The number of benzene rings is 3. The van der Waals surface area contributed by atoms with Gasteiger partial charge in [0.25, 0.3) is 0 Å². The molecule has 0 amide bonds. The van der Waals surface area contributed by atoms with Crippen LogP contribution in [0.25, 0.3) is 16.7 Å². The third-order valence-corrected chi connectivity index (χ3v) is 21.4. The van der Waals surface area contributed by atoms with E-state index in [0.717, 1.165) is 11.5 Å². The molecule has 0 fully saturated rings. The average Bonchev–Trinajstić information content (AvgIpc) is 3.50. The molecule has 2 aliphatic carbocycles. The Kier molecular flexibility index (Phi) is 7.76. The summed E-state index contributed by atoms with van der Waals surface area (Å²) in [6.45, 7) is 18.8. The van der Waals surface area contributed by atoms with Crippen LogP contribution in [0.3, 0.4) is 0 Å². The molecule has 1 atom stereocenters. The second kappa shape index (κ2) is 10.7. The zero-order valence-electron chi connectivity index (χ0n) is 25.9. The van der Waals surface area contributed by atoms with Gasteiger partial charge in [-0.05, 0) is 0 Å². The van der Waals surface area contributed by atoms with Crippen LogP contribution in [0.1, 0.15) is 86.9 Å². The molecule has 0 bridgehead atoms. The van der Waals surface area contributed by atoms with Crippen molar-refractivity contribution in [1.29, 1.82) is 0 Å². The molecule has 0 saturated heterocycles. The zero-order chi connectivity index (χ0) is 29.0. The fourth-order valence-corrected chi connectivity index (χ4v) is 19.3. The second-order valence-corrected chi connectivity index (χ2v) is 24.8. The van der Waals surface area contributed by atoms with Crippen LogP contribution in [0, 0.1) is 0 Å². The maximum absolute atomic E-state index is 5.67. The first-order chi connectivity index (χ1) is 18.8. The Morgan fingerprint density at radius 1 is 0.700 bits per heavy atom. The van der Waals surface area contributed by atoms with E-state index in [0.29, 0.717) is 7.35 Å². The van der Waals surface area contributed by atoms with Gasteiger partial charge in [-0.2, -0.15) is 0 Å². The van der Waals surface area contributed by atoms with Crippen LogP contribution in [0.5, 0.6) is 11.5 Å². The van der Waals surface area contributed by atoms with Crippen molar-refractivity contribution in [3.8, 4) is 22.6 Å². The molecule has 0 heterocycles. The summed E-state index contributed by atoms with van der Waals surface area (Å²) >= 11 is -2.66. The number of fused-ring (bicyclic) bond motifs is 3. The van der Waals surface area contributed by atoms with E-state index >= 15 is 0 Å². The topological polar surface area (TPSA) is 18.5 Å². The van der Waals surface area contributed by atoms with Gasteiger partial charge in [-0.15, -0.1) is 0 Å². The van der Waals surface area contributed by atoms with Gasteiger partial charge >= 0.3 is 250 Å². The predicted molar refractivity (Wildman–Crippen MR) is 168 cm³/mol. The number of allylic oxidation sites excluding steroid dienone is 4. The Hall–Kier alpha value is -2.52. The summed E-state index contributed by atoms with van der Waals surface area (Å²) < 4.78 is 13.9. The SMILES string of the molecule is COc1cc(OC)cc(C2=CC=C[CH]2[Hf](=[C](C)C)[CH]2c3cc(C(C)(C)C)ccc3-c3ccc(C(C)(C)C)cc32)c1. The number of hydrogen-bond acceptors (Lipinski definition) is 2. The van der Waals surface area contributed by atoms with E-state index in [9.17, 15) is 0 Å². The first-order valence-corrected chi connectivity index (χ1v) is 20.4. The minimum absolute atomic E-state index is 0.108. The molecule has 0 radical (unpaired) electrons. The Bertz CT molecular complexity index is 1470. The van der Waals surface area contributed by atoms with Crippen molar-refractivity contribution in [2.45, 2.75) is 73.6 Å². The molecular formula is C37H44HfO2. The van der Waals surface area contributed by atoms with E-state index < -0.39 is 21.0 Å². The third kappa shape index (κ3) is 5.27. The Morgan fingerprint density at radius 2 is 1.20 bits per heavy atom. The number of hydrogen-bond donors (Lipinski definition) is 0. The van der Waals surface area contributed by atoms with Gasteiger partial charge in [-0.3, -0.25) is 0 Å². The van der Waals surface area contributed by atoms with Crippen molar-refractivity contribution in [2.24, 2.45) is 0 Å². The number of ether oxygens (including phenoxy) is 2. The third-order valence-electron chi connectivity index (χ3n) is 8.57. The second-order valence-electron chi connectivity index (χ2n) is 13.6. The van der Waals surface area contributed by atoms with Crippen LogP contribution in [0.15, 0.2) is 72.8 Å². The van der Waals surface area contributed by atoms with Crippen LogP contribution in [0.4, 0.5) is 0 Å². The van der Waals surface area contributed by atoms with E-state index in [4.69, 9.17) is 9.47 Å². The fraction of sp³-hybridized carbons (Fsp3) is 0.378. The molecule has 208 valence electrons. The van der Waals surface area contributed by atoms with Crippen LogP contribution < -0.4 is 9.47 Å². The molecule has 40 heavy (non-hydrogen) atoms. The molecule has 0 aromatic heterocycles. The standard InChI is InChI=1S/C21H25.C13H13O2.C3H6.Hf/c1-20(2,3)16-7-9-18-14(12-16)11-15-13-17(21(4,5)6)8-10-19(15)18;1-14-12-7-11(8-13(9-12)15-2)10-5-3-4-6-10;1-3-2;/h7-13H,1-6H3;3-9H,1-2H3;1-2H3;. The van der Waals surface area contributed by atoms with Crippen molar-refractivity contribution in [2.75, 3.05) is 14.2 Å². The first-order valence-electron chi connectivity index (χ1n) is 14.4. The number of methoxy groups -OCH3 is 2. The monoisotopic (exact) mass is 700 g/mol. The molecule has 2 aliphatic rings. The van der Waals surface area contributed by atoms with E-state index in [-0.39, 0.29) is 10.8 Å². The molecule has 0 saturated carbocycles. The first kappa shape index (κ1) is 29.0. The van der Waals surface area contributed by atoms with Gasteiger partial charge in [-0.1, -0.05) is 0 Å². The normalized spacial score (nSPS) is 16.4. The average molecular weight is 699 g/mol. The van der Waals surface area contributed by atoms with E-state index in [1.807, 2.05) is 6.07 Å². The summed E-state index contributed by atoms with van der Waals surface area (Å²) in [6.07, 6.45) is 7.11. The van der Waals surface area contributed by atoms with E-state index in [1.54, 1.807) is 28.6 Å². The molecule has 3 heteroatoms. The van der Waals surface area contributed by atoms with Gasteiger partial charge in [0.15, 0.2) is 0 Å². The summed E-state index contributed by atoms with van der Waals surface area (Å²) in [5, 5.41) is 0. The summed E-state index contributed by atoms with van der Waals surface area (Å²) in [5.41, 5.74) is 11.7. The summed E-state index contributed by atoms with van der Waals surface area (Å²) in [4.78, 5) is 0. The molecule has 1 unspecified atom stereocenters. The molecule has 2 nitrogen and oxygen atoms in total. The molecule has 0 N–H and O–H groups in total. The van der Waals surface area contributed by atoms with Gasteiger partial charge in [0.2, 0.25) is 0 Å². The van der Waals surface area contributed by atoms with Crippen molar-refractivity contribution in [3.05, 3.63) is 101 Å². The molecule has 0 aliphatic heterocycles. The zero-order valence-corrected chi connectivity index (χ0v) is 29.5. The predicted octanol–water partition coefficient (Wildman–Crippen LogP) is 9.64.